The van der Waals surface area contributed by atoms with Crippen molar-refractivity contribution >= 4 is 8.38 Å². The minimum absolute atomic E-state index is 0.427. The van der Waals surface area contributed by atoms with Gasteiger partial charge in [-0.1, -0.05) is 60.7 Å². The normalized spacial score (nSPS) is 11.0. The van der Waals surface area contributed by atoms with Gasteiger partial charge in [-0.25, -0.2) is 4.98 Å². The van der Waals surface area contributed by atoms with E-state index < -0.39 is 8.38 Å². The number of hydrogen-bond acceptors (Lipinski definition) is 5. The molecular weight excluding hydrogens is 345 g/mol. The third kappa shape index (κ3) is 5.16. The van der Waals surface area contributed by atoms with Gasteiger partial charge in [-0.05, 0) is 13.0 Å². The van der Waals surface area contributed by atoms with Gasteiger partial charge in [0.1, 0.15) is 0 Å². The first-order valence-electron chi connectivity index (χ1n) is 8.57. The Morgan fingerprint density at radius 2 is 1.46 bits per heavy atom. The molecule has 0 aliphatic carbocycles. The van der Waals surface area contributed by atoms with Gasteiger partial charge in [0.05, 0.1) is 23.3 Å². The Labute approximate surface area is 154 Å². The van der Waals surface area contributed by atoms with E-state index in [-0.39, 0.29) is 0 Å². The summed E-state index contributed by atoms with van der Waals surface area (Å²) >= 11 is 0. The summed E-state index contributed by atoms with van der Waals surface area (Å²) < 4.78 is 0. The molecular formula is C20H22N3O2P. The van der Waals surface area contributed by atoms with E-state index in [4.69, 9.17) is 14.8 Å². The average Bonchev–Trinajstić information content (AvgIpc) is 2.69. The lowest BCUT2D eigenvalue weighted by atomic mass is 10.0. The number of benzene rings is 2. The fraction of sp³-hybridized carbons (Fsp3) is 0.200. The van der Waals surface area contributed by atoms with E-state index in [1.165, 1.54) is 0 Å². The van der Waals surface area contributed by atoms with Gasteiger partial charge in [0.2, 0.25) is 0 Å². The number of nitrogens with zero attached hydrogens (tertiary/aromatic N) is 2. The number of aromatic nitrogens is 2. The van der Waals surface area contributed by atoms with Crippen molar-refractivity contribution in [2.24, 2.45) is 0 Å². The van der Waals surface area contributed by atoms with Crippen molar-refractivity contribution in [2.45, 2.75) is 13.0 Å². The zero-order valence-electron chi connectivity index (χ0n) is 14.4. The van der Waals surface area contributed by atoms with Gasteiger partial charge in [-0.3, -0.25) is 4.98 Å². The molecule has 0 bridgehead atoms. The molecule has 3 aromatic rings. The highest BCUT2D eigenvalue weighted by atomic mass is 31.2. The maximum Gasteiger partial charge on any atom is 0.164 e. The van der Waals surface area contributed by atoms with Gasteiger partial charge in [-0.15, -0.1) is 0 Å². The van der Waals surface area contributed by atoms with Crippen LogP contribution >= 0.6 is 8.38 Å². The zero-order chi connectivity index (χ0) is 18.2. The number of nitrogens with one attached hydrogen (secondary N) is 1. The third-order valence-electron chi connectivity index (χ3n) is 3.93. The zero-order valence-corrected chi connectivity index (χ0v) is 15.3. The van der Waals surface area contributed by atoms with Crippen LogP contribution in [0.3, 0.4) is 0 Å². The maximum absolute atomic E-state index is 8.94. The Kier molecular flexibility index (Phi) is 6.81. The van der Waals surface area contributed by atoms with Crippen LogP contribution in [0, 0.1) is 0 Å². The predicted molar refractivity (Wildman–Crippen MR) is 105 cm³/mol. The molecule has 0 saturated heterocycles. The van der Waals surface area contributed by atoms with Crippen molar-refractivity contribution in [3.63, 3.8) is 0 Å². The number of hydrogen-bond donors (Lipinski definition) is 3. The molecule has 1 heterocycles. The summed E-state index contributed by atoms with van der Waals surface area (Å²) in [6, 6.07) is 20.1. The highest BCUT2D eigenvalue weighted by Gasteiger charge is 2.11. The SMILES string of the molecule is OP(O)CCCNCc1cnc(-c2ccccc2)c(-c2ccccc2)n1. The fourth-order valence-electron chi connectivity index (χ4n) is 2.68. The lowest BCUT2D eigenvalue weighted by Crippen LogP contribution is -2.17. The second-order valence-electron chi connectivity index (χ2n) is 5.92. The van der Waals surface area contributed by atoms with Gasteiger partial charge in [-0.2, -0.15) is 0 Å². The minimum atomic E-state index is -1.80. The molecule has 0 aliphatic rings. The van der Waals surface area contributed by atoms with Crippen LogP contribution in [0.4, 0.5) is 0 Å². The molecule has 26 heavy (non-hydrogen) atoms. The first-order valence-corrected chi connectivity index (χ1v) is 10.00. The lowest BCUT2D eigenvalue weighted by molar-refractivity contribution is 0.478. The van der Waals surface area contributed by atoms with Crippen LogP contribution in [0.1, 0.15) is 12.1 Å². The molecule has 0 fully saturated rings. The summed E-state index contributed by atoms with van der Waals surface area (Å²) in [6.07, 6.45) is 2.95. The fourth-order valence-corrected chi connectivity index (χ4v) is 3.12. The van der Waals surface area contributed by atoms with E-state index >= 15 is 0 Å². The van der Waals surface area contributed by atoms with Crippen molar-refractivity contribution in [2.75, 3.05) is 12.7 Å². The van der Waals surface area contributed by atoms with E-state index in [1.54, 1.807) is 6.20 Å². The van der Waals surface area contributed by atoms with Crippen LogP contribution < -0.4 is 5.32 Å². The monoisotopic (exact) mass is 367 g/mol. The quantitative estimate of drug-likeness (QED) is 0.419. The van der Waals surface area contributed by atoms with E-state index in [1.807, 2.05) is 60.7 Å². The molecule has 0 aliphatic heterocycles. The topological polar surface area (TPSA) is 78.3 Å². The molecule has 3 rings (SSSR count). The molecule has 1 aromatic heterocycles. The van der Waals surface area contributed by atoms with Gasteiger partial charge < -0.3 is 15.1 Å². The first-order chi connectivity index (χ1) is 12.7. The molecule has 0 radical (unpaired) electrons. The molecule has 0 spiro atoms. The molecule has 2 aromatic carbocycles. The van der Waals surface area contributed by atoms with Crippen molar-refractivity contribution in [1.82, 2.24) is 15.3 Å². The maximum atomic E-state index is 8.94. The summed E-state index contributed by atoms with van der Waals surface area (Å²) in [5.74, 6) is 0. The molecule has 0 atom stereocenters. The summed E-state index contributed by atoms with van der Waals surface area (Å²) in [5.41, 5.74) is 4.67. The Balaban J connectivity index is 1.81. The van der Waals surface area contributed by atoms with Gasteiger partial charge in [0, 0.05) is 23.8 Å². The molecule has 134 valence electrons. The van der Waals surface area contributed by atoms with E-state index in [9.17, 15) is 0 Å². The van der Waals surface area contributed by atoms with Crippen molar-refractivity contribution < 1.29 is 9.79 Å². The minimum Gasteiger partial charge on any atom is -0.350 e. The number of rotatable bonds is 8. The first kappa shape index (κ1) is 18.6. The highest BCUT2D eigenvalue weighted by Crippen LogP contribution is 2.28. The van der Waals surface area contributed by atoms with Crippen LogP contribution in [0.5, 0.6) is 0 Å². The van der Waals surface area contributed by atoms with Gasteiger partial charge in [0.25, 0.3) is 0 Å². The average molecular weight is 367 g/mol. The Bertz CT molecular complexity index is 814. The van der Waals surface area contributed by atoms with Crippen LogP contribution in [0.15, 0.2) is 66.9 Å². The summed E-state index contributed by atoms with van der Waals surface area (Å²) in [5, 5.41) is 3.28. The second kappa shape index (κ2) is 9.51. The van der Waals surface area contributed by atoms with Crippen LogP contribution in [0.2, 0.25) is 0 Å². The second-order valence-corrected chi connectivity index (χ2v) is 7.11. The van der Waals surface area contributed by atoms with Crippen LogP contribution in [-0.4, -0.2) is 32.5 Å². The predicted octanol–water partition coefficient (Wildman–Crippen LogP) is 3.59. The van der Waals surface area contributed by atoms with Crippen LogP contribution in [-0.2, 0) is 6.54 Å². The smallest absolute Gasteiger partial charge is 0.164 e. The molecule has 0 saturated carbocycles. The van der Waals surface area contributed by atoms with Crippen LogP contribution in [0.25, 0.3) is 22.5 Å². The molecule has 6 heteroatoms. The summed E-state index contributed by atoms with van der Waals surface area (Å²) in [7, 11) is -1.80. The Morgan fingerprint density at radius 3 is 2.08 bits per heavy atom. The van der Waals surface area contributed by atoms with E-state index in [2.05, 4.69) is 10.3 Å². The third-order valence-corrected chi connectivity index (χ3v) is 4.65. The lowest BCUT2D eigenvalue weighted by Gasteiger charge is -2.11. The molecule has 3 N–H and O–H groups in total. The Morgan fingerprint density at radius 1 is 0.846 bits per heavy atom. The summed E-state index contributed by atoms with van der Waals surface area (Å²) in [6.45, 7) is 1.30. The van der Waals surface area contributed by atoms with E-state index in [0.29, 0.717) is 19.3 Å². The Hall–Kier alpha value is -2.17. The molecule has 0 unspecified atom stereocenters. The van der Waals surface area contributed by atoms with Gasteiger partial charge in [0.15, 0.2) is 8.38 Å². The highest BCUT2D eigenvalue weighted by molar-refractivity contribution is 7.45. The van der Waals surface area contributed by atoms with Crippen molar-refractivity contribution in [3.05, 3.63) is 72.6 Å². The largest absolute Gasteiger partial charge is 0.350 e. The van der Waals surface area contributed by atoms with E-state index in [0.717, 1.165) is 34.6 Å². The van der Waals surface area contributed by atoms with Crippen molar-refractivity contribution in [1.29, 1.82) is 0 Å². The van der Waals surface area contributed by atoms with Crippen molar-refractivity contribution in [3.8, 4) is 22.5 Å². The molecule has 0 amide bonds. The molecule has 5 nitrogen and oxygen atoms in total. The standard InChI is InChI=1S/C20H22N3O2P/c24-26(25)13-7-12-21-14-18-15-22-19(16-8-3-1-4-9-16)20(23-18)17-10-5-2-6-11-17/h1-6,8-11,15,21,24-25H,7,12-14H2. The summed E-state index contributed by atoms with van der Waals surface area (Å²) in [4.78, 5) is 27.4. The van der Waals surface area contributed by atoms with Gasteiger partial charge >= 0.3 is 0 Å².